The van der Waals surface area contributed by atoms with E-state index in [0.29, 0.717) is 12.0 Å². The first-order valence-corrected chi connectivity index (χ1v) is 21.0. The Morgan fingerprint density at radius 2 is 0.860 bits per heavy atom. The van der Waals surface area contributed by atoms with Crippen LogP contribution in [0.25, 0.3) is 28.3 Å². The molecule has 7 aromatic carbocycles. The zero-order valence-corrected chi connectivity index (χ0v) is 33.0. The number of benzene rings is 7. The fraction of sp³-hybridized carbons (Fsp3) is 0.200. The van der Waals surface area contributed by atoms with Crippen molar-refractivity contribution in [1.29, 1.82) is 0 Å². The van der Waals surface area contributed by atoms with Gasteiger partial charge in [0.15, 0.2) is 0 Å². The van der Waals surface area contributed by atoms with Crippen LogP contribution in [-0.4, -0.2) is 6.04 Å². The van der Waals surface area contributed by atoms with Crippen LogP contribution >= 0.6 is 0 Å². The van der Waals surface area contributed by atoms with Crippen LogP contribution in [0.15, 0.2) is 164 Å². The van der Waals surface area contributed by atoms with Crippen molar-refractivity contribution in [2.45, 2.75) is 70.3 Å². The second-order valence-electron chi connectivity index (χ2n) is 16.5. The molecule has 0 radical (unpaired) electrons. The van der Waals surface area contributed by atoms with Crippen molar-refractivity contribution in [1.82, 2.24) is 0 Å². The molecular weight excluding hydrogens is 689 g/mol. The van der Waals surface area contributed by atoms with Crippen LogP contribution in [0.1, 0.15) is 70.5 Å². The molecule has 10 rings (SSSR count). The van der Waals surface area contributed by atoms with Gasteiger partial charge in [0.25, 0.3) is 0 Å². The number of aryl methyl sites for hydroxylation is 5. The molecule has 0 saturated heterocycles. The van der Waals surface area contributed by atoms with Crippen molar-refractivity contribution in [3.63, 3.8) is 0 Å². The number of nitrogens with zero attached hydrogens (tertiary/aromatic N) is 2. The van der Waals surface area contributed by atoms with Gasteiger partial charge in [-0.3, -0.25) is 0 Å². The predicted molar refractivity (Wildman–Crippen MR) is 242 cm³/mol. The molecule has 0 N–H and O–H groups in total. The maximum atomic E-state index is 3.98. The summed E-state index contributed by atoms with van der Waals surface area (Å²) in [4.78, 5) is 4.99. The monoisotopic (exact) mass is 738 g/mol. The van der Waals surface area contributed by atoms with Gasteiger partial charge in [-0.1, -0.05) is 115 Å². The predicted octanol–water partition coefficient (Wildman–Crippen LogP) is 14.5. The van der Waals surface area contributed by atoms with Crippen LogP contribution in [0.2, 0.25) is 0 Å². The first kappa shape index (κ1) is 35.3. The van der Waals surface area contributed by atoms with Gasteiger partial charge < -0.3 is 9.80 Å². The molecule has 0 aromatic heterocycles. The van der Waals surface area contributed by atoms with Crippen LogP contribution < -0.4 is 9.80 Å². The summed E-state index contributed by atoms with van der Waals surface area (Å²) in [5.41, 5.74) is 21.1. The summed E-state index contributed by atoms with van der Waals surface area (Å²) in [6, 6.07) is 60.1. The first-order chi connectivity index (χ1) is 28.1. The van der Waals surface area contributed by atoms with Crippen molar-refractivity contribution < 1.29 is 0 Å². The SMILES string of the molecule is C=Cc1ccc(N(c2ccc(-c3ccc4c(c3)CC4)cc2)c2ccc(C3CCC(N(c4ccc(C)cc4)c4ccc(-c5ccc6c(c5)CC6)cc4)CC3)cc2)cc1. The lowest BCUT2D eigenvalue weighted by atomic mass is 9.81. The van der Waals surface area contributed by atoms with E-state index in [4.69, 9.17) is 0 Å². The third-order valence-corrected chi connectivity index (χ3v) is 13.1. The summed E-state index contributed by atoms with van der Waals surface area (Å²) in [7, 11) is 0. The zero-order valence-electron chi connectivity index (χ0n) is 33.0. The highest BCUT2D eigenvalue weighted by molar-refractivity contribution is 5.79. The molecular formula is C55H50N2. The lowest BCUT2D eigenvalue weighted by molar-refractivity contribution is 0.392. The van der Waals surface area contributed by atoms with E-state index in [1.807, 2.05) is 6.08 Å². The second kappa shape index (κ2) is 15.1. The molecule has 3 aliphatic rings. The van der Waals surface area contributed by atoms with Crippen LogP contribution in [0.4, 0.5) is 28.4 Å². The molecule has 0 atom stereocenters. The van der Waals surface area contributed by atoms with Gasteiger partial charge >= 0.3 is 0 Å². The average Bonchev–Trinajstić information content (AvgIpc) is 3.24. The summed E-state index contributed by atoms with van der Waals surface area (Å²) in [6.07, 6.45) is 11.4. The van der Waals surface area contributed by atoms with Crippen molar-refractivity contribution in [2.75, 3.05) is 9.80 Å². The Balaban J connectivity index is 0.876. The van der Waals surface area contributed by atoms with Gasteiger partial charge in [0.05, 0.1) is 0 Å². The van der Waals surface area contributed by atoms with Gasteiger partial charge in [-0.05, 0) is 181 Å². The summed E-state index contributed by atoms with van der Waals surface area (Å²) in [6.45, 7) is 6.16. The number of fused-ring (bicyclic) bond motifs is 2. The highest BCUT2D eigenvalue weighted by atomic mass is 15.2. The molecule has 7 aromatic rings. The number of hydrogen-bond donors (Lipinski definition) is 0. The van der Waals surface area contributed by atoms with Gasteiger partial charge in [-0.15, -0.1) is 0 Å². The minimum atomic E-state index is 0.454. The summed E-state index contributed by atoms with van der Waals surface area (Å²) in [5, 5.41) is 0. The Hall–Kier alpha value is -6.12. The normalized spacial score (nSPS) is 16.7. The highest BCUT2D eigenvalue weighted by Gasteiger charge is 2.28. The van der Waals surface area contributed by atoms with E-state index in [2.05, 4.69) is 181 Å². The van der Waals surface area contributed by atoms with Crippen LogP contribution in [0.3, 0.4) is 0 Å². The molecule has 0 heterocycles. The Labute approximate surface area is 338 Å². The van der Waals surface area contributed by atoms with Gasteiger partial charge in [0.1, 0.15) is 0 Å². The van der Waals surface area contributed by atoms with Crippen molar-refractivity contribution in [3.05, 3.63) is 203 Å². The molecule has 0 amide bonds. The Kier molecular flexibility index (Phi) is 9.34. The van der Waals surface area contributed by atoms with E-state index in [9.17, 15) is 0 Å². The molecule has 280 valence electrons. The fourth-order valence-corrected chi connectivity index (χ4v) is 9.41. The van der Waals surface area contributed by atoms with Crippen LogP contribution in [-0.2, 0) is 25.7 Å². The largest absolute Gasteiger partial charge is 0.338 e. The van der Waals surface area contributed by atoms with E-state index >= 15 is 0 Å². The average molecular weight is 739 g/mol. The van der Waals surface area contributed by atoms with Crippen LogP contribution in [0, 0.1) is 6.92 Å². The Morgan fingerprint density at radius 3 is 1.32 bits per heavy atom. The molecule has 1 saturated carbocycles. The van der Waals surface area contributed by atoms with Gasteiger partial charge in [-0.2, -0.15) is 0 Å². The molecule has 1 fully saturated rings. The van der Waals surface area contributed by atoms with E-state index in [0.717, 1.165) is 29.8 Å². The molecule has 57 heavy (non-hydrogen) atoms. The lowest BCUT2D eigenvalue weighted by Gasteiger charge is -2.39. The molecule has 0 unspecified atom stereocenters. The molecule has 2 nitrogen and oxygen atoms in total. The molecule has 0 aliphatic heterocycles. The van der Waals surface area contributed by atoms with Crippen molar-refractivity contribution >= 4 is 34.5 Å². The van der Waals surface area contributed by atoms with Gasteiger partial charge in [0, 0.05) is 34.5 Å². The maximum absolute atomic E-state index is 3.98. The third kappa shape index (κ3) is 6.99. The smallest absolute Gasteiger partial charge is 0.0462 e. The number of rotatable bonds is 10. The summed E-state index contributed by atoms with van der Waals surface area (Å²) >= 11 is 0. The standard InChI is InChI=1S/C55H50N2/c1-3-39-6-26-51(27-7-39)57(55-34-22-45(23-35-55)49-15-11-43-9-13-47(43)37-49)53-30-18-41(19-31-53)40-16-28-52(29-17-40)56(50-24-4-38(2)5-25-50)54-32-20-44(21-33-54)48-14-10-42-8-12-46(42)36-48/h3-7,10-11,14-15,18-27,30-37,40,52H,1,8-9,12-13,16-17,28-29H2,2H3. The van der Waals surface area contributed by atoms with Gasteiger partial charge in [-0.25, -0.2) is 0 Å². The minimum absolute atomic E-state index is 0.454. The molecule has 0 bridgehead atoms. The minimum Gasteiger partial charge on any atom is -0.338 e. The van der Waals surface area contributed by atoms with E-state index in [1.165, 1.54) is 111 Å². The van der Waals surface area contributed by atoms with E-state index in [1.54, 1.807) is 0 Å². The zero-order chi connectivity index (χ0) is 38.3. The number of hydrogen-bond acceptors (Lipinski definition) is 2. The number of anilines is 5. The molecule has 2 heteroatoms. The third-order valence-electron chi connectivity index (χ3n) is 13.1. The quantitative estimate of drug-likeness (QED) is 0.138. The van der Waals surface area contributed by atoms with Gasteiger partial charge in [0.2, 0.25) is 0 Å². The molecule has 3 aliphatic carbocycles. The Morgan fingerprint density at radius 1 is 0.439 bits per heavy atom. The van der Waals surface area contributed by atoms with Crippen molar-refractivity contribution in [2.24, 2.45) is 0 Å². The van der Waals surface area contributed by atoms with E-state index in [-0.39, 0.29) is 0 Å². The van der Waals surface area contributed by atoms with Crippen LogP contribution in [0.5, 0.6) is 0 Å². The van der Waals surface area contributed by atoms with Crippen molar-refractivity contribution in [3.8, 4) is 22.3 Å². The highest BCUT2D eigenvalue weighted by Crippen LogP contribution is 2.42. The lowest BCUT2D eigenvalue weighted by Crippen LogP contribution is -2.34. The fourth-order valence-electron chi connectivity index (χ4n) is 9.41. The Bertz CT molecular complexity index is 2520. The summed E-state index contributed by atoms with van der Waals surface area (Å²) in [5.74, 6) is 0.552. The maximum Gasteiger partial charge on any atom is 0.0462 e. The molecule has 0 spiro atoms. The topological polar surface area (TPSA) is 6.48 Å². The first-order valence-electron chi connectivity index (χ1n) is 21.0. The second-order valence-corrected chi connectivity index (χ2v) is 16.5. The summed E-state index contributed by atoms with van der Waals surface area (Å²) < 4.78 is 0. The van der Waals surface area contributed by atoms with E-state index < -0.39 is 0 Å².